The van der Waals surface area contributed by atoms with E-state index in [1.54, 1.807) is 30.1 Å². The van der Waals surface area contributed by atoms with Gasteiger partial charge in [-0.1, -0.05) is 24.3 Å². The van der Waals surface area contributed by atoms with E-state index in [-0.39, 0.29) is 17.1 Å². The molecule has 0 fully saturated rings. The fraction of sp³-hybridized carbons (Fsp3) is 0.300. The quantitative estimate of drug-likeness (QED) is 0.429. The Morgan fingerprint density at radius 1 is 1.06 bits per heavy atom. The zero-order valence-corrected chi connectivity index (χ0v) is 17.7. The molecule has 0 amide bonds. The van der Waals surface area contributed by atoms with E-state index < -0.39 is 11.9 Å². The first-order valence-electron chi connectivity index (χ1n) is 9.48. The Hall–Kier alpha value is -3.14. The summed E-state index contributed by atoms with van der Waals surface area (Å²) in [4.78, 5) is 12.2. The fourth-order valence-electron chi connectivity index (χ4n) is 3.21. The maximum absolute atomic E-state index is 13.1. The van der Waals surface area contributed by atoms with E-state index in [4.69, 9.17) is 11.6 Å². The highest BCUT2D eigenvalue weighted by Crippen LogP contribution is 2.32. The lowest BCUT2D eigenvalue weighted by molar-refractivity contribution is -0.140. The molecule has 0 spiro atoms. The van der Waals surface area contributed by atoms with Gasteiger partial charge in [-0.3, -0.25) is 4.68 Å². The molecule has 162 valence electrons. The molecule has 31 heavy (non-hydrogen) atoms. The van der Waals surface area contributed by atoms with Crippen molar-refractivity contribution in [1.82, 2.24) is 29.3 Å². The number of halogens is 4. The lowest BCUT2D eigenvalue weighted by atomic mass is 10.1. The van der Waals surface area contributed by atoms with Crippen LogP contribution in [0.4, 0.5) is 19.0 Å². The summed E-state index contributed by atoms with van der Waals surface area (Å²) < 4.78 is 42.5. The lowest BCUT2D eigenvalue weighted by Gasteiger charge is -2.12. The number of nitrogens with zero attached hydrogens (tertiary/aromatic N) is 6. The van der Waals surface area contributed by atoms with Crippen LogP contribution in [0.15, 0.2) is 36.7 Å². The fourth-order valence-corrected chi connectivity index (χ4v) is 3.39. The van der Waals surface area contributed by atoms with E-state index in [1.807, 2.05) is 26.0 Å². The molecule has 3 heterocycles. The minimum Gasteiger partial charge on any atom is -0.364 e. The van der Waals surface area contributed by atoms with Crippen molar-refractivity contribution < 1.29 is 13.2 Å². The Bertz CT molecular complexity index is 1230. The van der Waals surface area contributed by atoms with Crippen molar-refractivity contribution >= 4 is 28.5 Å². The van der Waals surface area contributed by atoms with E-state index in [0.717, 1.165) is 11.8 Å². The van der Waals surface area contributed by atoms with Crippen LogP contribution in [0.5, 0.6) is 0 Å². The van der Waals surface area contributed by atoms with Crippen LogP contribution in [-0.4, -0.2) is 29.3 Å². The van der Waals surface area contributed by atoms with Gasteiger partial charge in [-0.2, -0.15) is 23.3 Å². The Morgan fingerprint density at radius 3 is 2.42 bits per heavy atom. The highest BCUT2D eigenvalue weighted by Gasteiger charge is 2.35. The molecule has 0 aliphatic rings. The van der Waals surface area contributed by atoms with E-state index >= 15 is 0 Å². The Kier molecular flexibility index (Phi) is 5.34. The standard InChI is InChI=1S/C20H19ClF3N7/c1-11(2)31-10-15(20(22,23)24)27-18(31)13-6-4-12(5-7-13)8-25-17-16-14(9-30(3)29-16)26-19(21)28-17/h4-7,9-11H,8H2,1-3H3,(H,25,26,28). The molecule has 0 aliphatic heterocycles. The van der Waals surface area contributed by atoms with Gasteiger partial charge in [0.1, 0.15) is 11.3 Å². The smallest absolute Gasteiger partial charge is 0.364 e. The first-order valence-corrected chi connectivity index (χ1v) is 9.86. The second-order valence-electron chi connectivity index (χ2n) is 7.38. The minimum atomic E-state index is -4.49. The van der Waals surface area contributed by atoms with Crippen LogP contribution in [0.1, 0.15) is 31.1 Å². The second-order valence-corrected chi connectivity index (χ2v) is 7.71. The topological polar surface area (TPSA) is 73.5 Å². The lowest BCUT2D eigenvalue weighted by Crippen LogP contribution is -2.05. The first kappa shape index (κ1) is 21.1. The van der Waals surface area contributed by atoms with Gasteiger partial charge in [0.15, 0.2) is 17.0 Å². The van der Waals surface area contributed by atoms with Crippen molar-refractivity contribution in [1.29, 1.82) is 0 Å². The van der Waals surface area contributed by atoms with Crippen LogP contribution < -0.4 is 5.32 Å². The normalized spacial score (nSPS) is 12.1. The molecule has 4 rings (SSSR count). The van der Waals surface area contributed by atoms with E-state index in [9.17, 15) is 13.2 Å². The number of fused-ring (bicyclic) bond motifs is 1. The predicted molar refractivity (Wildman–Crippen MR) is 112 cm³/mol. The second kappa shape index (κ2) is 7.84. The van der Waals surface area contributed by atoms with Crippen LogP contribution in [0.2, 0.25) is 5.28 Å². The molecular weight excluding hydrogens is 431 g/mol. The van der Waals surface area contributed by atoms with Crippen LogP contribution in [0.3, 0.4) is 0 Å². The van der Waals surface area contributed by atoms with Gasteiger partial charge in [-0.15, -0.1) is 0 Å². The van der Waals surface area contributed by atoms with Crippen molar-refractivity contribution in [2.45, 2.75) is 32.6 Å². The van der Waals surface area contributed by atoms with Gasteiger partial charge in [-0.25, -0.2) is 9.97 Å². The summed E-state index contributed by atoms with van der Waals surface area (Å²) in [5.74, 6) is 0.782. The molecule has 1 aromatic carbocycles. The number of anilines is 1. The molecule has 0 unspecified atom stereocenters. The molecule has 7 nitrogen and oxygen atoms in total. The van der Waals surface area contributed by atoms with Crippen molar-refractivity contribution in [3.8, 4) is 11.4 Å². The Morgan fingerprint density at radius 2 is 1.77 bits per heavy atom. The Labute approximate surface area is 180 Å². The van der Waals surface area contributed by atoms with Gasteiger partial charge in [-0.05, 0) is 31.0 Å². The van der Waals surface area contributed by atoms with Crippen LogP contribution in [0.25, 0.3) is 22.4 Å². The average Bonchev–Trinajstić information content (AvgIpc) is 3.30. The highest BCUT2D eigenvalue weighted by molar-refractivity contribution is 6.28. The monoisotopic (exact) mass is 449 g/mol. The Balaban J connectivity index is 1.57. The van der Waals surface area contributed by atoms with Gasteiger partial charge in [0.25, 0.3) is 0 Å². The van der Waals surface area contributed by atoms with Crippen molar-refractivity contribution in [3.05, 3.63) is 53.2 Å². The summed E-state index contributed by atoms with van der Waals surface area (Å²) in [6.45, 7) is 4.05. The zero-order chi connectivity index (χ0) is 22.3. The van der Waals surface area contributed by atoms with E-state index in [2.05, 4.69) is 25.4 Å². The molecule has 0 radical (unpaired) electrons. The molecule has 0 atom stereocenters. The van der Waals surface area contributed by atoms with Crippen molar-refractivity contribution in [3.63, 3.8) is 0 Å². The SMILES string of the molecule is CC(C)n1cc(C(F)(F)F)nc1-c1ccc(CNc2nc(Cl)nc3cn(C)nc23)cc1. The van der Waals surface area contributed by atoms with Gasteiger partial charge < -0.3 is 9.88 Å². The van der Waals surface area contributed by atoms with Crippen molar-refractivity contribution in [2.75, 3.05) is 5.32 Å². The molecule has 1 N–H and O–H groups in total. The maximum atomic E-state index is 13.1. The summed E-state index contributed by atoms with van der Waals surface area (Å²) >= 11 is 5.99. The predicted octanol–water partition coefficient (Wildman–Crippen LogP) is 5.09. The summed E-state index contributed by atoms with van der Waals surface area (Å²) in [5.41, 5.74) is 1.83. The summed E-state index contributed by atoms with van der Waals surface area (Å²) in [6.07, 6.45) is -1.70. The first-order chi connectivity index (χ1) is 14.6. The number of hydrogen-bond donors (Lipinski definition) is 1. The molecule has 0 saturated heterocycles. The van der Waals surface area contributed by atoms with Gasteiger partial charge in [0.05, 0.1) is 6.20 Å². The molecule has 3 aromatic heterocycles. The number of aryl methyl sites for hydroxylation is 1. The zero-order valence-electron chi connectivity index (χ0n) is 16.9. The molecule has 4 aromatic rings. The highest BCUT2D eigenvalue weighted by atomic mass is 35.5. The number of nitrogens with one attached hydrogen (secondary N) is 1. The number of alkyl halides is 3. The summed E-state index contributed by atoms with van der Waals surface area (Å²) in [7, 11) is 1.78. The largest absolute Gasteiger partial charge is 0.434 e. The number of hydrogen-bond acceptors (Lipinski definition) is 5. The number of rotatable bonds is 5. The van der Waals surface area contributed by atoms with Crippen molar-refractivity contribution in [2.24, 2.45) is 7.05 Å². The summed E-state index contributed by atoms with van der Waals surface area (Å²) in [6, 6.07) is 6.99. The third-order valence-electron chi connectivity index (χ3n) is 4.70. The summed E-state index contributed by atoms with van der Waals surface area (Å²) in [5, 5.41) is 7.64. The molecular formula is C20H19ClF3N7. The van der Waals surface area contributed by atoms with Gasteiger partial charge in [0, 0.05) is 31.4 Å². The average molecular weight is 450 g/mol. The number of imidazole rings is 1. The number of aromatic nitrogens is 6. The molecule has 0 aliphatic carbocycles. The minimum absolute atomic E-state index is 0.110. The van der Waals surface area contributed by atoms with E-state index in [0.29, 0.717) is 29.0 Å². The maximum Gasteiger partial charge on any atom is 0.434 e. The third-order valence-corrected chi connectivity index (χ3v) is 4.87. The third kappa shape index (κ3) is 4.34. The molecule has 0 bridgehead atoms. The number of benzene rings is 1. The van der Waals surface area contributed by atoms with Gasteiger partial charge >= 0.3 is 6.18 Å². The molecule has 0 saturated carbocycles. The molecule has 11 heteroatoms. The van der Waals surface area contributed by atoms with Gasteiger partial charge in [0.2, 0.25) is 5.28 Å². The van der Waals surface area contributed by atoms with Crippen LogP contribution >= 0.6 is 11.6 Å². The van der Waals surface area contributed by atoms with Crippen LogP contribution in [-0.2, 0) is 19.8 Å². The van der Waals surface area contributed by atoms with Crippen LogP contribution in [0, 0.1) is 0 Å². The van der Waals surface area contributed by atoms with E-state index in [1.165, 1.54) is 4.57 Å².